The molecule has 0 aromatic carbocycles. The summed E-state index contributed by atoms with van der Waals surface area (Å²) in [6, 6.07) is 0. The zero-order chi connectivity index (χ0) is 44.1. The summed E-state index contributed by atoms with van der Waals surface area (Å²) in [5.41, 5.74) is 5.34. The quantitative estimate of drug-likeness (QED) is 0.0174. The van der Waals surface area contributed by atoms with Crippen LogP contribution in [0.15, 0.2) is 85.1 Å². The first-order valence-electron chi connectivity index (χ1n) is 22.3. The maximum Gasteiger partial charge on any atom is 0.472 e. The van der Waals surface area contributed by atoms with Gasteiger partial charge in [0.15, 0.2) is 6.10 Å². The van der Waals surface area contributed by atoms with E-state index in [4.69, 9.17) is 24.3 Å². The van der Waals surface area contributed by atoms with Crippen molar-refractivity contribution in [1.29, 1.82) is 0 Å². The Morgan fingerprint density at radius 1 is 0.717 bits per heavy atom. The van der Waals surface area contributed by atoms with Crippen molar-refractivity contribution in [1.82, 2.24) is 0 Å². The maximum atomic E-state index is 12.6. The second-order valence-corrected chi connectivity index (χ2v) is 16.6. The van der Waals surface area contributed by atoms with Crippen LogP contribution in [0, 0.1) is 11.8 Å². The monoisotopic (exact) mass is 864 g/mol. The van der Waals surface area contributed by atoms with E-state index in [0.29, 0.717) is 32.1 Å². The van der Waals surface area contributed by atoms with E-state index in [1.165, 1.54) is 19.3 Å². The summed E-state index contributed by atoms with van der Waals surface area (Å²) in [4.78, 5) is 35.0. The Labute approximate surface area is 361 Å². The molecule has 0 radical (unpaired) electrons. The molecule has 12 nitrogen and oxygen atoms in total. The van der Waals surface area contributed by atoms with Crippen LogP contribution in [0.5, 0.6) is 0 Å². The normalized spacial score (nSPS) is 20.9. The molecule has 0 aliphatic heterocycles. The van der Waals surface area contributed by atoms with Crippen molar-refractivity contribution >= 4 is 19.8 Å². The standard InChI is InChI=1S/C47H78NO11P/c1-3-5-7-8-9-10-11-12-13-14-15-16-17-18-19-20-21-22-28-32-47(53)59-41(39-58-60(54,55)57-36-35-48)38-56-46(52)31-27-24-23-26-30-42-43(45(51)37-44(42)50)34-33-40(49)29-25-6-4-2/h9-10,12-13,15-16,18-19,21-23,26,33-34,40-45,49-51H,3-8,11,14,17,20,24-25,27-32,35-39,48H2,1-2H3,(H,54,55)/b10-9-,13-12-,16-15-,19-18-,22-21-,26-23+,34-33+/t40-,41+,42+,43+,44-,45+/m0/s1. The van der Waals surface area contributed by atoms with Crippen molar-refractivity contribution in [3.8, 4) is 0 Å². The van der Waals surface area contributed by atoms with Crippen LogP contribution in [0.25, 0.3) is 0 Å². The molecule has 7 atom stereocenters. The molecule has 0 amide bonds. The second kappa shape index (κ2) is 36.7. The van der Waals surface area contributed by atoms with E-state index < -0.39 is 50.8 Å². The molecule has 0 saturated heterocycles. The Kier molecular flexibility index (Phi) is 33.7. The lowest BCUT2D eigenvalue weighted by molar-refractivity contribution is -0.161. The van der Waals surface area contributed by atoms with Gasteiger partial charge in [0.1, 0.15) is 6.61 Å². The summed E-state index contributed by atoms with van der Waals surface area (Å²) in [7, 11) is -4.46. The van der Waals surface area contributed by atoms with E-state index in [9.17, 15) is 34.4 Å². The Morgan fingerprint density at radius 3 is 1.93 bits per heavy atom. The molecule has 0 bridgehead atoms. The fourth-order valence-electron chi connectivity index (χ4n) is 6.43. The molecule has 342 valence electrons. The lowest BCUT2D eigenvalue weighted by atomic mass is 9.89. The van der Waals surface area contributed by atoms with E-state index in [-0.39, 0.29) is 50.9 Å². The highest BCUT2D eigenvalue weighted by Gasteiger charge is 2.39. The van der Waals surface area contributed by atoms with E-state index >= 15 is 0 Å². The minimum Gasteiger partial charge on any atom is -0.462 e. The number of rotatable bonds is 36. The van der Waals surface area contributed by atoms with Crippen LogP contribution in [0.1, 0.15) is 136 Å². The Bertz CT molecular complexity index is 1370. The summed E-state index contributed by atoms with van der Waals surface area (Å²) < 4.78 is 32.7. The van der Waals surface area contributed by atoms with Gasteiger partial charge in [0.05, 0.1) is 31.5 Å². The first-order valence-corrected chi connectivity index (χ1v) is 23.8. The summed E-state index contributed by atoms with van der Waals surface area (Å²) >= 11 is 0. The molecule has 0 heterocycles. The highest BCUT2D eigenvalue weighted by molar-refractivity contribution is 7.47. The van der Waals surface area contributed by atoms with Crippen LogP contribution >= 0.6 is 7.82 Å². The SMILES string of the molecule is CCCCC/C=C\C/C=C\C/C=C\C/C=C\C/C=C\CCC(=O)O[C@H](COC(=O)CCC/C=C/C[C@@H]1[C@@H](/C=C/[C@@H](O)CCCCC)[C@H](O)C[C@@H]1O)COP(=O)(O)OCCN. The number of esters is 2. The average molecular weight is 864 g/mol. The number of carbonyl (C=O) groups is 2. The molecule has 0 aromatic rings. The van der Waals surface area contributed by atoms with Crippen LogP contribution in [-0.2, 0) is 32.7 Å². The summed E-state index contributed by atoms with van der Waals surface area (Å²) in [6.45, 7) is 3.22. The smallest absolute Gasteiger partial charge is 0.462 e. The lowest BCUT2D eigenvalue weighted by Crippen LogP contribution is -2.29. The molecule has 0 aromatic heterocycles. The van der Waals surface area contributed by atoms with Crippen molar-refractivity contribution in [2.75, 3.05) is 26.4 Å². The molecule has 1 aliphatic rings. The minimum absolute atomic E-state index is 0.00282. The van der Waals surface area contributed by atoms with Crippen LogP contribution in [-0.4, -0.2) is 82.9 Å². The van der Waals surface area contributed by atoms with Gasteiger partial charge in [0, 0.05) is 31.7 Å². The van der Waals surface area contributed by atoms with Gasteiger partial charge in [-0.05, 0) is 76.5 Å². The maximum absolute atomic E-state index is 12.6. The summed E-state index contributed by atoms with van der Waals surface area (Å²) in [5, 5.41) is 31.3. The van der Waals surface area contributed by atoms with Gasteiger partial charge in [0.25, 0.3) is 0 Å². The number of ether oxygens (including phenoxy) is 2. The minimum atomic E-state index is -4.46. The van der Waals surface area contributed by atoms with E-state index in [2.05, 4.69) is 62.5 Å². The Balaban J connectivity index is 2.45. The van der Waals surface area contributed by atoms with Gasteiger partial charge >= 0.3 is 19.8 Å². The Hall–Kier alpha value is -2.93. The van der Waals surface area contributed by atoms with Gasteiger partial charge in [-0.1, -0.05) is 131 Å². The van der Waals surface area contributed by atoms with Gasteiger partial charge in [0.2, 0.25) is 0 Å². The molecular weight excluding hydrogens is 785 g/mol. The third-order valence-electron chi connectivity index (χ3n) is 9.84. The lowest BCUT2D eigenvalue weighted by Gasteiger charge is -2.20. The zero-order valence-corrected chi connectivity index (χ0v) is 37.4. The number of hydrogen-bond donors (Lipinski definition) is 5. The van der Waals surface area contributed by atoms with Gasteiger partial charge in [-0.2, -0.15) is 0 Å². The molecule has 13 heteroatoms. The number of aliphatic hydroxyl groups excluding tert-OH is 3. The predicted octanol–water partition coefficient (Wildman–Crippen LogP) is 9.21. The van der Waals surface area contributed by atoms with Crippen LogP contribution in [0.4, 0.5) is 0 Å². The number of phosphoric acid groups is 1. The largest absolute Gasteiger partial charge is 0.472 e. The molecule has 0 spiro atoms. The number of hydrogen-bond acceptors (Lipinski definition) is 11. The van der Waals surface area contributed by atoms with Crippen LogP contribution < -0.4 is 5.73 Å². The molecule has 1 rings (SSSR count). The molecule has 1 aliphatic carbocycles. The number of carbonyl (C=O) groups excluding carboxylic acids is 2. The first-order chi connectivity index (χ1) is 29.0. The molecule has 1 unspecified atom stereocenters. The van der Waals surface area contributed by atoms with E-state index in [1.807, 2.05) is 30.4 Å². The van der Waals surface area contributed by atoms with E-state index in [0.717, 1.165) is 51.4 Å². The van der Waals surface area contributed by atoms with Crippen molar-refractivity contribution in [2.45, 2.75) is 160 Å². The van der Waals surface area contributed by atoms with Crippen LogP contribution in [0.3, 0.4) is 0 Å². The average Bonchev–Trinajstić information content (AvgIpc) is 3.49. The van der Waals surface area contributed by atoms with Crippen molar-refractivity contribution in [2.24, 2.45) is 17.6 Å². The topological polar surface area (TPSA) is 195 Å². The third-order valence-corrected chi connectivity index (χ3v) is 10.8. The molecule has 6 N–H and O–H groups in total. The first kappa shape index (κ1) is 55.1. The molecule has 60 heavy (non-hydrogen) atoms. The fourth-order valence-corrected chi connectivity index (χ4v) is 7.20. The summed E-state index contributed by atoms with van der Waals surface area (Å²) in [5.74, 6) is -1.55. The number of allylic oxidation sites excluding steroid dienone is 12. The third kappa shape index (κ3) is 30.2. The van der Waals surface area contributed by atoms with Gasteiger partial charge in [-0.3, -0.25) is 18.6 Å². The highest BCUT2D eigenvalue weighted by atomic mass is 31.2. The fraction of sp³-hybridized carbons (Fsp3) is 0.660. The molecule has 1 saturated carbocycles. The second-order valence-electron chi connectivity index (χ2n) is 15.2. The van der Waals surface area contributed by atoms with Gasteiger partial charge < -0.3 is 35.4 Å². The van der Waals surface area contributed by atoms with Crippen molar-refractivity contribution in [3.05, 3.63) is 85.1 Å². The van der Waals surface area contributed by atoms with E-state index in [1.54, 1.807) is 6.08 Å². The number of aliphatic hydroxyl groups is 3. The van der Waals surface area contributed by atoms with Crippen molar-refractivity contribution in [3.63, 3.8) is 0 Å². The van der Waals surface area contributed by atoms with Crippen molar-refractivity contribution < 1.29 is 52.9 Å². The Morgan fingerprint density at radius 2 is 1.30 bits per heavy atom. The van der Waals surface area contributed by atoms with Gasteiger partial charge in [-0.15, -0.1) is 0 Å². The molecular formula is C47H78NO11P. The number of nitrogens with two attached hydrogens (primary N) is 1. The zero-order valence-electron chi connectivity index (χ0n) is 36.5. The van der Waals surface area contributed by atoms with Crippen LogP contribution in [0.2, 0.25) is 0 Å². The van der Waals surface area contributed by atoms with Gasteiger partial charge in [-0.25, -0.2) is 4.57 Å². The molecule has 1 fully saturated rings. The summed E-state index contributed by atoms with van der Waals surface area (Å²) in [6.07, 6.45) is 40.1. The predicted molar refractivity (Wildman–Crippen MR) is 240 cm³/mol. The number of phosphoric ester groups is 1. The highest BCUT2D eigenvalue weighted by Crippen LogP contribution is 2.43. The number of unbranched alkanes of at least 4 members (excludes halogenated alkanes) is 6.